The van der Waals surface area contributed by atoms with Crippen LogP contribution in [-0.2, 0) is 12.8 Å². The molecule has 3 nitrogen and oxygen atoms in total. The molecule has 0 aromatic heterocycles. The van der Waals surface area contributed by atoms with Crippen LogP contribution in [0.5, 0.6) is 5.75 Å². The van der Waals surface area contributed by atoms with Gasteiger partial charge in [0.05, 0.1) is 5.56 Å². The molecule has 0 saturated heterocycles. The first kappa shape index (κ1) is 14.9. The van der Waals surface area contributed by atoms with E-state index in [1.165, 1.54) is 24.3 Å². The van der Waals surface area contributed by atoms with Crippen molar-refractivity contribution >= 4 is 5.97 Å². The molecule has 0 aliphatic carbocycles. The number of para-hydroxylation sites is 1. The number of hydrogen-bond donors (Lipinski definition) is 1. The van der Waals surface area contributed by atoms with Gasteiger partial charge in [-0.1, -0.05) is 24.3 Å². The molecule has 0 radical (unpaired) electrons. The molecule has 21 heavy (non-hydrogen) atoms. The molecule has 0 amide bonds. The molecule has 0 saturated carbocycles. The standard InChI is InChI=1S/C15H11F3O3/c16-15(17,18)11-5-3-4-10(8-11)9-21-13-7-2-1-6-12(13)14(19)20/h1-8H,9H2,(H,19,20). The third-order valence-corrected chi connectivity index (χ3v) is 2.77. The van der Waals surface area contributed by atoms with E-state index in [0.29, 0.717) is 5.56 Å². The first-order valence-corrected chi connectivity index (χ1v) is 5.99. The lowest BCUT2D eigenvalue weighted by Gasteiger charge is -2.11. The Balaban J connectivity index is 2.16. The Hall–Kier alpha value is -2.50. The summed E-state index contributed by atoms with van der Waals surface area (Å²) in [5.41, 5.74) is -0.496. The number of benzene rings is 2. The van der Waals surface area contributed by atoms with Crippen molar-refractivity contribution < 1.29 is 27.8 Å². The monoisotopic (exact) mass is 296 g/mol. The van der Waals surface area contributed by atoms with Crippen LogP contribution in [0.4, 0.5) is 13.2 Å². The Morgan fingerprint density at radius 2 is 1.81 bits per heavy atom. The van der Waals surface area contributed by atoms with Crippen LogP contribution in [0.25, 0.3) is 0 Å². The maximum Gasteiger partial charge on any atom is 0.416 e. The van der Waals surface area contributed by atoms with Gasteiger partial charge in [0, 0.05) is 0 Å². The van der Waals surface area contributed by atoms with Crippen LogP contribution in [-0.4, -0.2) is 11.1 Å². The lowest BCUT2D eigenvalue weighted by molar-refractivity contribution is -0.137. The second kappa shape index (κ2) is 5.87. The molecule has 0 bridgehead atoms. The Labute approximate surface area is 118 Å². The number of hydrogen-bond acceptors (Lipinski definition) is 2. The van der Waals surface area contributed by atoms with Gasteiger partial charge in [-0.3, -0.25) is 0 Å². The minimum absolute atomic E-state index is 0.0375. The molecule has 2 rings (SSSR count). The summed E-state index contributed by atoms with van der Waals surface area (Å²) in [7, 11) is 0. The minimum Gasteiger partial charge on any atom is -0.488 e. The summed E-state index contributed by atoms with van der Waals surface area (Å²) in [5.74, 6) is -1.04. The Kier molecular flexibility index (Phi) is 4.16. The van der Waals surface area contributed by atoms with Crippen molar-refractivity contribution in [3.05, 3.63) is 65.2 Å². The lowest BCUT2D eigenvalue weighted by Crippen LogP contribution is -2.07. The fourth-order valence-corrected chi connectivity index (χ4v) is 1.77. The van der Waals surface area contributed by atoms with Crippen molar-refractivity contribution in [2.75, 3.05) is 0 Å². The molecular formula is C15H11F3O3. The fraction of sp³-hybridized carbons (Fsp3) is 0.133. The molecule has 0 aliphatic heterocycles. The molecule has 2 aromatic rings. The maximum absolute atomic E-state index is 12.6. The van der Waals surface area contributed by atoms with Crippen molar-refractivity contribution in [2.24, 2.45) is 0 Å². The highest BCUT2D eigenvalue weighted by Crippen LogP contribution is 2.30. The molecule has 0 aliphatic rings. The van der Waals surface area contributed by atoms with Gasteiger partial charge in [0.1, 0.15) is 17.9 Å². The van der Waals surface area contributed by atoms with Gasteiger partial charge in [-0.25, -0.2) is 4.79 Å². The van der Waals surface area contributed by atoms with E-state index in [1.54, 1.807) is 12.1 Å². The average molecular weight is 296 g/mol. The van der Waals surface area contributed by atoms with E-state index in [0.717, 1.165) is 12.1 Å². The zero-order valence-corrected chi connectivity index (χ0v) is 10.7. The molecule has 0 unspecified atom stereocenters. The van der Waals surface area contributed by atoms with Crippen LogP contribution < -0.4 is 4.74 Å². The van der Waals surface area contributed by atoms with Gasteiger partial charge in [-0.15, -0.1) is 0 Å². The fourth-order valence-electron chi connectivity index (χ4n) is 1.77. The van der Waals surface area contributed by atoms with Crippen LogP contribution in [0.2, 0.25) is 0 Å². The molecule has 110 valence electrons. The van der Waals surface area contributed by atoms with Crippen molar-refractivity contribution in [2.45, 2.75) is 12.8 Å². The van der Waals surface area contributed by atoms with E-state index in [4.69, 9.17) is 9.84 Å². The lowest BCUT2D eigenvalue weighted by atomic mass is 10.1. The van der Waals surface area contributed by atoms with Crippen molar-refractivity contribution in [3.63, 3.8) is 0 Å². The van der Waals surface area contributed by atoms with E-state index in [-0.39, 0.29) is 17.9 Å². The molecule has 0 heterocycles. The molecule has 0 spiro atoms. The number of aromatic carboxylic acids is 1. The number of carbonyl (C=O) groups is 1. The topological polar surface area (TPSA) is 46.5 Å². The Morgan fingerprint density at radius 1 is 1.10 bits per heavy atom. The van der Waals surface area contributed by atoms with E-state index in [9.17, 15) is 18.0 Å². The predicted octanol–water partition coefficient (Wildman–Crippen LogP) is 3.98. The quantitative estimate of drug-likeness (QED) is 0.928. The summed E-state index contributed by atoms with van der Waals surface area (Å²) in [6.07, 6.45) is -4.42. The van der Waals surface area contributed by atoms with Gasteiger partial charge in [0.25, 0.3) is 0 Å². The third kappa shape index (κ3) is 3.75. The van der Waals surface area contributed by atoms with Gasteiger partial charge in [0.15, 0.2) is 0 Å². The summed E-state index contributed by atoms with van der Waals surface area (Å²) >= 11 is 0. The molecule has 1 N–H and O–H groups in total. The highest BCUT2D eigenvalue weighted by molar-refractivity contribution is 5.90. The highest BCUT2D eigenvalue weighted by Gasteiger charge is 2.30. The van der Waals surface area contributed by atoms with Crippen molar-refractivity contribution in [1.29, 1.82) is 0 Å². The Morgan fingerprint density at radius 3 is 2.48 bits per heavy atom. The number of rotatable bonds is 4. The first-order valence-electron chi connectivity index (χ1n) is 5.99. The second-order valence-corrected chi connectivity index (χ2v) is 4.29. The van der Waals surface area contributed by atoms with E-state index >= 15 is 0 Å². The SMILES string of the molecule is O=C(O)c1ccccc1OCc1cccc(C(F)(F)F)c1. The number of alkyl halides is 3. The average Bonchev–Trinajstić information content (AvgIpc) is 2.45. The summed E-state index contributed by atoms with van der Waals surface area (Å²) in [4.78, 5) is 11.0. The van der Waals surface area contributed by atoms with Crippen molar-refractivity contribution in [1.82, 2.24) is 0 Å². The summed E-state index contributed by atoms with van der Waals surface area (Å²) < 4.78 is 43.1. The van der Waals surface area contributed by atoms with Crippen molar-refractivity contribution in [3.8, 4) is 5.75 Å². The molecular weight excluding hydrogens is 285 g/mol. The van der Waals surface area contributed by atoms with Crippen LogP contribution in [0.15, 0.2) is 48.5 Å². The van der Waals surface area contributed by atoms with Gasteiger partial charge >= 0.3 is 12.1 Å². The molecule has 2 aromatic carbocycles. The number of ether oxygens (including phenoxy) is 1. The van der Waals surface area contributed by atoms with Gasteiger partial charge in [-0.2, -0.15) is 13.2 Å². The van der Waals surface area contributed by atoms with Gasteiger partial charge in [-0.05, 0) is 29.8 Å². The number of halogens is 3. The van der Waals surface area contributed by atoms with Crippen LogP contribution >= 0.6 is 0 Å². The first-order chi connectivity index (χ1) is 9.88. The van der Waals surface area contributed by atoms with E-state index in [1.807, 2.05) is 0 Å². The van der Waals surface area contributed by atoms with E-state index in [2.05, 4.69) is 0 Å². The zero-order chi connectivity index (χ0) is 15.5. The van der Waals surface area contributed by atoms with Gasteiger partial charge in [0.2, 0.25) is 0 Å². The normalized spacial score (nSPS) is 11.2. The number of carboxylic acid groups (broad SMARTS) is 1. The summed E-state index contributed by atoms with van der Waals surface area (Å²) in [5, 5.41) is 8.98. The predicted molar refractivity (Wildman–Crippen MR) is 69.2 cm³/mol. The van der Waals surface area contributed by atoms with Gasteiger partial charge < -0.3 is 9.84 Å². The zero-order valence-electron chi connectivity index (χ0n) is 10.7. The van der Waals surface area contributed by atoms with Crippen LogP contribution in [0.1, 0.15) is 21.5 Å². The summed E-state index contributed by atoms with van der Waals surface area (Å²) in [6.45, 7) is -0.145. The van der Waals surface area contributed by atoms with Crippen LogP contribution in [0, 0.1) is 0 Å². The van der Waals surface area contributed by atoms with E-state index < -0.39 is 17.7 Å². The number of carboxylic acids is 1. The maximum atomic E-state index is 12.6. The summed E-state index contributed by atoms with van der Waals surface area (Å²) in [6, 6.07) is 10.7. The smallest absolute Gasteiger partial charge is 0.416 e. The minimum atomic E-state index is -4.42. The van der Waals surface area contributed by atoms with Crippen LogP contribution in [0.3, 0.4) is 0 Å². The Bertz CT molecular complexity index is 651. The highest BCUT2D eigenvalue weighted by atomic mass is 19.4. The third-order valence-electron chi connectivity index (χ3n) is 2.77. The molecule has 0 atom stereocenters. The largest absolute Gasteiger partial charge is 0.488 e. The molecule has 0 fully saturated rings. The molecule has 6 heteroatoms. The second-order valence-electron chi connectivity index (χ2n) is 4.29.